The Labute approximate surface area is 86.4 Å². The number of nitrogens with one attached hydrogen (secondary N) is 2. The molecule has 0 saturated heterocycles. The van der Waals surface area contributed by atoms with Crippen molar-refractivity contribution in [3.63, 3.8) is 0 Å². The second kappa shape index (κ2) is 5.43. The SMILES string of the molecule is O=C(O)/C=C/C(=O)NNc1ccccc1. The molecule has 1 aromatic rings. The molecule has 15 heavy (non-hydrogen) atoms. The number of aliphatic carboxylic acids is 1. The Kier molecular flexibility index (Phi) is 3.91. The number of para-hydroxylation sites is 1. The molecule has 0 aromatic heterocycles. The lowest BCUT2D eigenvalue weighted by Crippen LogP contribution is -2.27. The fraction of sp³-hybridized carbons (Fsp3) is 0. The molecule has 3 N–H and O–H groups in total. The van der Waals surface area contributed by atoms with Crippen molar-refractivity contribution in [1.82, 2.24) is 5.43 Å². The molecule has 0 fully saturated rings. The van der Waals surface area contributed by atoms with E-state index in [4.69, 9.17) is 5.11 Å². The molecule has 1 rings (SSSR count). The second-order valence-electron chi connectivity index (χ2n) is 2.65. The summed E-state index contributed by atoms with van der Waals surface area (Å²) in [5.74, 6) is -1.69. The van der Waals surface area contributed by atoms with Crippen LogP contribution in [0.3, 0.4) is 0 Å². The van der Waals surface area contributed by atoms with Gasteiger partial charge in [-0.3, -0.25) is 15.6 Å². The number of carbonyl (C=O) groups excluding carboxylic acids is 1. The van der Waals surface area contributed by atoms with Gasteiger partial charge in [0.1, 0.15) is 0 Å². The molecule has 0 unspecified atom stereocenters. The van der Waals surface area contributed by atoms with Gasteiger partial charge in [-0.15, -0.1) is 0 Å². The van der Waals surface area contributed by atoms with E-state index in [-0.39, 0.29) is 0 Å². The molecule has 0 bridgehead atoms. The minimum absolute atomic E-state index is 0.527. The Morgan fingerprint density at radius 2 is 1.80 bits per heavy atom. The number of hydrazine groups is 1. The lowest BCUT2D eigenvalue weighted by Gasteiger charge is -2.04. The number of rotatable bonds is 4. The van der Waals surface area contributed by atoms with E-state index >= 15 is 0 Å². The zero-order chi connectivity index (χ0) is 11.1. The van der Waals surface area contributed by atoms with E-state index in [1.54, 1.807) is 12.1 Å². The molecule has 0 radical (unpaired) electrons. The molecule has 0 aliphatic rings. The summed E-state index contributed by atoms with van der Waals surface area (Å²) in [6.07, 6.45) is 1.69. The van der Waals surface area contributed by atoms with Crippen molar-refractivity contribution in [3.05, 3.63) is 42.5 Å². The molecule has 0 aliphatic carbocycles. The summed E-state index contributed by atoms with van der Waals surface area (Å²) in [5, 5.41) is 8.26. The third-order valence-electron chi connectivity index (χ3n) is 1.48. The molecule has 0 saturated carbocycles. The summed E-state index contributed by atoms with van der Waals surface area (Å²) < 4.78 is 0. The van der Waals surface area contributed by atoms with Gasteiger partial charge in [-0.25, -0.2) is 4.79 Å². The van der Waals surface area contributed by atoms with Crippen LogP contribution in [0.2, 0.25) is 0 Å². The highest BCUT2D eigenvalue weighted by Gasteiger charge is 1.95. The van der Waals surface area contributed by atoms with Gasteiger partial charge in [0.25, 0.3) is 5.91 Å². The van der Waals surface area contributed by atoms with Crippen LogP contribution in [-0.2, 0) is 9.59 Å². The number of carboxylic acid groups (broad SMARTS) is 1. The quantitative estimate of drug-likeness (QED) is 0.502. The van der Waals surface area contributed by atoms with Gasteiger partial charge in [0, 0.05) is 12.2 Å². The molecule has 78 valence electrons. The highest BCUT2D eigenvalue weighted by molar-refractivity contribution is 5.94. The van der Waals surface area contributed by atoms with Gasteiger partial charge in [-0.2, -0.15) is 0 Å². The van der Waals surface area contributed by atoms with Crippen LogP contribution < -0.4 is 10.9 Å². The zero-order valence-electron chi connectivity index (χ0n) is 7.81. The molecule has 1 aromatic carbocycles. The van der Waals surface area contributed by atoms with E-state index in [0.717, 1.165) is 17.8 Å². The fourth-order valence-corrected chi connectivity index (χ4v) is 0.844. The van der Waals surface area contributed by atoms with Crippen molar-refractivity contribution in [2.45, 2.75) is 0 Å². The minimum Gasteiger partial charge on any atom is -0.478 e. The first kappa shape index (κ1) is 10.8. The number of carbonyl (C=O) groups is 2. The van der Waals surface area contributed by atoms with Crippen LogP contribution in [0.4, 0.5) is 5.69 Å². The number of hydrogen-bond acceptors (Lipinski definition) is 3. The van der Waals surface area contributed by atoms with Crippen molar-refractivity contribution >= 4 is 17.6 Å². The van der Waals surface area contributed by atoms with Crippen LogP contribution in [0, 0.1) is 0 Å². The molecule has 5 nitrogen and oxygen atoms in total. The average molecular weight is 206 g/mol. The van der Waals surface area contributed by atoms with Crippen LogP contribution in [0.15, 0.2) is 42.5 Å². The van der Waals surface area contributed by atoms with Crippen LogP contribution in [0.25, 0.3) is 0 Å². The highest BCUT2D eigenvalue weighted by Crippen LogP contribution is 2.02. The molecular weight excluding hydrogens is 196 g/mol. The topological polar surface area (TPSA) is 78.4 Å². The van der Waals surface area contributed by atoms with Gasteiger partial charge in [0.05, 0.1) is 5.69 Å². The van der Waals surface area contributed by atoms with Crippen LogP contribution in [-0.4, -0.2) is 17.0 Å². The Morgan fingerprint density at radius 3 is 2.40 bits per heavy atom. The number of benzene rings is 1. The predicted molar refractivity (Wildman–Crippen MR) is 55.0 cm³/mol. The predicted octanol–water partition coefficient (Wildman–Crippen LogP) is 0.770. The van der Waals surface area contributed by atoms with E-state index in [0.29, 0.717) is 0 Å². The Morgan fingerprint density at radius 1 is 1.13 bits per heavy atom. The number of anilines is 1. The standard InChI is InChI=1S/C10H10N2O3/c13-9(6-7-10(14)15)12-11-8-4-2-1-3-5-8/h1-7,11H,(H,12,13)(H,14,15)/b7-6+. The molecule has 0 heterocycles. The Hall–Kier alpha value is -2.30. The first-order valence-corrected chi connectivity index (χ1v) is 4.20. The van der Waals surface area contributed by atoms with E-state index < -0.39 is 11.9 Å². The summed E-state index contributed by atoms with van der Waals surface area (Å²) in [6, 6.07) is 8.99. The minimum atomic E-state index is -1.16. The van der Waals surface area contributed by atoms with Gasteiger partial charge in [0.2, 0.25) is 0 Å². The van der Waals surface area contributed by atoms with Gasteiger partial charge < -0.3 is 5.11 Å². The summed E-state index contributed by atoms with van der Waals surface area (Å²) in [6.45, 7) is 0. The molecule has 0 atom stereocenters. The Bertz CT molecular complexity index is 374. The zero-order valence-corrected chi connectivity index (χ0v) is 7.81. The largest absolute Gasteiger partial charge is 0.478 e. The lowest BCUT2D eigenvalue weighted by molar-refractivity contribution is -0.131. The molecule has 0 spiro atoms. The smallest absolute Gasteiger partial charge is 0.328 e. The first-order valence-electron chi connectivity index (χ1n) is 4.20. The molecule has 1 amide bonds. The third-order valence-corrected chi connectivity index (χ3v) is 1.48. The van der Waals surface area contributed by atoms with E-state index in [1.165, 1.54) is 0 Å². The van der Waals surface area contributed by atoms with Gasteiger partial charge >= 0.3 is 5.97 Å². The number of hydrogen-bond donors (Lipinski definition) is 3. The summed E-state index contributed by atoms with van der Waals surface area (Å²) >= 11 is 0. The van der Waals surface area contributed by atoms with Gasteiger partial charge in [-0.1, -0.05) is 18.2 Å². The first-order chi connectivity index (χ1) is 7.18. The van der Waals surface area contributed by atoms with Gasteiger partial charge in [-0.05, 0) is 12.1 Å². The monoisotopic (exact) mass is 206 g/mol. The summed E-state index contributed by atoms with van der Waals surface area (Å²) in [5.41, 5.74) is 5.66. The van der Waals surface area contributed by atoms with Crippen LogP contribution >= 0.6 is 0 Å². The number of amides is 1. The normalized spacial score (nSPS) is 9.87. The summed E-state index contributed by atoms with van der Waals surface area (Å²) in [4.78, 5) is 21.1. The lowest BCUT2D eigenvalue weighted by atomic mass is 10.3. The maximum Gasteiger partial charge on any atom is 0.328 e. The van der Waals surface area contributed by atoms with Crippen molar-refractivity contribution in [2.24, 2.45) is 0 Å². The average Bonchev–Trinajstić information content (AvgIpc) is 2.25. The summed E-state index contributed by atoms with van der Waals surface area (Å²) in [7, 11) is 0. The van der Waals surface area contributed by atoms with Crippen molar-refractivity contribution in [1.29, 1.82) is 0 Å². The highest BCUT2D eigenvalue weighted by atomic mass is 16.4. The molecule has 5 heteroatoms. The van der Waals surface area contributed by atoms with Crippen LogP contribution in [0.5, 0.6) is 0 Å². The number of carboxylic acids is 1. The fourth-order valence-electron chi connectivity index (χ4n) is 0.844. The van der Waals surface area contributed by atoms with Crippen molar-refractivity contribution in [2.75, 3.05) is 5.43 Å². The Balaban J connectivity index is 2.38. The van der Waals surface area contributed by atoms with E-state index in [1.807, 2.05) is 18.2 Å². The van der Waals surface area contributed by atoms with Crippen molar-refractivity contribution < 1.29 is 14.7 Å². The van der Waals surface area contributed by atoms with Crippen LogP contribution in [0.1, 0.15) is 0 Å². The molecular formula is C10H10N2O3. The maximum atomic E-state index is 11.0. The second-order valence-corrected chi connectivity index (χ2v) is 2.65. The van der Waals surface area contributed by atoms with E-state index in [9.17, 15) is 9.59 Å². The van der Waals surface area contributed by atoms with E-state index in [2.05, 4.69) is 10.9 Å². The van der Waals surface area contributed by atoms with Gasteiger partial charge in [0.15, 0.2) is 0 Å². The molecule has 0 aliphatic heterocycles. The maximum absolute atomic E-state index is 11.0. The van der Waals surface area contributed by atoms with Crippen molar-refractivity contribution in [3.8, 4) is 0 Å². The third kappa shape index (κ3) is 4.47.